The second-order valence-electron chi connectivity index (χ2n) is 10.2. The molecule has 0 saturated heterocycles. The SMILES string of the molecule is COc1cc(/C=N\NC(=O)c2ccc(CN(c3ccc(C)c(C)c3)S(C)(=O)=O)cc2)cc(Br)c1OCc1ccc(C)cc1. The van der Waals surface area contributed by atoms with E-state index in [1.807, 2.05) is 63.2 Å². The van der Waals surface area contributed by atoms with Crippen LogP contribution in [-0.2, 0) is 23.2 Å². The molecule has 4 aromatic rings. The highest BCUT2D eigenvalue weighted by Gasteiger charge is 2.19. The summed E-state index contributed by atoms with van der Waals surface area (Å²) in [6.07, 6.45) is 2.69. The van der Waals surface area contributed by atoms with Gasteiger partial charge in [-0.2, -0.15) is 5.10 Å². The number of carbonyl (C=O) groups is 1. The topological polar surface area (TPSA) is 97.3 Å². The first-order chi connectivity index (χ1) is 20.4. The second kappa shape index (κ2) is 13.9. The molecule has 4 rings (SSSR count). The number of hydrogen-bond donors (Lipinski definition) is 1. The summed E-state index contributed by atoms with van der Waals surface area (Å²) in [6.45, 7) is 6.49. The van der Waals surface area contributed by atoms with Gasteiger partial charge >= 0.3 is 0 Å². The zero-order chi connectivity index (χ0) is 31.1. The Kier molecular flexibility index (Phi) is 10.3. The molecule has 0 unspecified atom stereocenters. The molecule has 0 atom stereocenters. The minimum absolute atomic E-state index is 0.142. The van der Waals surface area contributed by atoms with E-state index < -0.39 is 15.9 Å². The number of methoxy groups -OCH3 is 1. The van der Waals surface area contributed by atoms with Crippen LogP contribution in [0.25, 0.3) is 0 Å². The van der Waals surface area contributed by atoms with E-state index in [1.165, 1.54) is 22.3 Å². The molecule has 0 aliphatic heterocycles. The maximum absolute atomic E-state index is 12.7. The first-order valence-corrected chi connectivity index (χ1v) is 16.1. The van der Waals surface area contributed by atoms with Crippen molar-refractivity contribution in [2.24, 2.45) is 5.10 Å². The molecule has 0 bridgehead atoms. The number of benzene rings is 4. The van der Waals surface area contributed by atoms with Crippen molar-refractivity contribution in [1.82, 2.24) is 5.43 Å². The molecule has 0 fully saturated rings. The van der Waals surface area contributed by atoms with Gasteiger partial charge in [-0.3, -0.25) is 9.10 Å². The molecular formula is C33H34BrN3O5S. The molecule has 0 aliphatic rings. The maximum atomic E-state index is 12.7. The molecule has 1 N–H and O–H groups in total. The molecule has 0 aromatic heterocycles. The smallest absolute Gasteiger partial charge is 0.271 e. The Morgan fingerprint density at radius 3 is 2.23 bits per heavy atom. The van der Waals surface area contributed by atoms with E-state index >= 15 is 0 Å². The van der Waals surface area contributed by atoms with E-state index in [2.05, 4.69) is 26.5 Å². The van der Waals surface area contributed by atoms with Crippen LogP contribution >= 0.6 is 15.9 Å². The van der Waals surface area contributed by atoms with Gasteiger partial charge in [-0.1, -0.05) is 48.0 Å². The van der Waals surface area contributed by atoms with E-state index in [9.17, 15) is 13.2 Å². The van der Waals surface area contributed by atoms with Crippen LogP contribution in [0.2, 0.25) is 0 Å². The molecule has 0 saturated carbocycles. The van der Waals surface area contributed by atoms with Gasteiger partial charge in [-0.25, -0.2) is 13.8 Å². The first-order valence-electron chi connectivity index (χ1n) is 13.5. The summed E-state index contributed by atoms with van der Waals surface area (Å²) >= 11 is 3.54. The van der Waals surface area contributed by atoms with E-state index in [0.717, 1.165) is 22.3 Å². The van der Waals surface area contributed by atoms with Crippen LogP contribution in [0.5, 0.6) is 11.5 Å². The van der Waals surface area contributed by atoms with Crippen LogP contribution in [0.1, 0.15) is 43.7 Å². The predicted molar refractivity (Wildman–Crippen MR) is 175 cm³/mol. The van der Waals surface area contributed by atoms with Crippen molar-refractivity contribution in [1.29, 1.82) is 0 Å². The molecule has 8 nitrogen and oxygen atoms in total. The third kappa shape index (κ3) is 8.46. The fourth-order valence-electron chi connectivity index (χ4n) is 4.23. The Bertz CT molecular complexity index is 1740. The van der Waals surface area contributed by atoms with Gasteiger partial charge in [0.25, 0.3) is 5.91 Å². The molecule has 0 heterocycles. The van der Waals surface area contributed by atoms with Crippen molar-refractivity contribution in [3.63, 3.8) is 0 Å². The summed E-state index contributed by atoms with van der Waals surface area (Å²) in [5, 5.41) is 4.09. The van der Waals surface area contributed by atoms with Crippen LogP contribution < -0.4 is 19.2 Å². The summed E-state index contributed by atoms with van der Waals surface area (Å²) in [4.78, 5) is 12.7. The minimum Gasteiger partial charge on any atom is -0.493 e. The highest BCUT2D eigenvalue weighted by atomic mass is 79.9. The number of rotatable bonds is 11. The van der Waals surface area contributed by atoms with Gasteiger partial charge in [0.1, 0.15) is 6.61 Å². The lowest BCUT2D eigenvalue weighted by atomic mass is 10.1. The van der Waals surface area contributed by atoms with Crippen molar-refractivity contribution in [2.45, 2.75) is 33.9 Å². The number of sulfonamides is 1. The Labute approximate surface area is 261 Å². The molecule has 4 aromatic carbocycles. The lowest BCUT2D eigenvalue weighted by Gasteiger charge is -2.23. The van der Waals surface area contributed by atoms with Gasteiger partial charge in [-0.05, 0) is 101 Å². The monoisotopic (exact) mass is 663 g/mol. The van der Waals surface area contributed by atoms with Crippen molar-refractivity contribution >= 4 is 43.8 Å². The van der Waals surface area contributed by atoms with Crippen molar-refractivity contribution in [3.05, 3.63) is 122 Å². The van der Waals surface area contributed by atoms with Gasteiger partial charge < -0.3 is 9.47 Å². The Hall–Kier alpha value is -4.15. The summed E-state index contributed by atoms with van der Waals surface area (Å²) in [7, 11) is -1.97. The van der Waals surface area contributed by atoms with Crippen molar-refractivity contribution in [3.8, 4) is 11.5 Å². The van der Waals surface area contributed by atoms with E-state index in [-0.39, 0.29) is 6.54 Å². The maximum Gasteiger partial charge on any atom is 0.271 e. The molecule has 0 radical (unpaired) electrons. The van der Waals surface area contributed by atoms with Crippen molar-refractivity contribution < 1.29 is 22.7 Å². The number of ether oxygens (including phenoxy) is 2. The van der Waals surface area contributed by atoms with Crippen molar-refractivity contribution in [2.75, 3.05) is 17.7 Å². The molecule has 224 valence electrons. The molecule has 0 aliphatic carbocycles. The Balaban J connectivity index is 1.39. The van der Waals surface area contributed by atoms with Crippen LogP contribution in [-0.4, -0.2) is 33.9 Å². The number of aryl methyl sites for hydroxylation is 3. The quantitative estimate of drug-likeness (QED) is 0.142. The molecule has 10 heteroatoms. The number of amides is 1. The van der Waals surface area contributed by atoms with Crippen LogP contribution in [0.15, 0.2) is 88.4 Å². The fraction of sp³-hybridized carbons (Fsp3) is 0.212. The normalized spacial score (nSPS) is 11.4. The zero-order valence-corrected chi connectivity index (χ0v) is 27.1. The summed E-state index contributed by atoms with van der Waals surface area (Å²) in [5.41, 5.74) is 9.25. The highest BCUT2D eigenvalue weighted by Crippen LogP contribution is 2.37. The fourth-order valence-corrected chi connectivity index (χ4v) is 5.69. The summed E-state index contributed by atoms with van der Waals surface area (Å²) in [5.74, 6) is 0.686. The number of hydrazone groups is 1. The van der Waals surface area contributed by atoms with Gasteiger partial charge in [0, 0.05) is 5.56 Å². The average molecular weight is 665 g/mol. The Morgan fingerprint density at radius 2 is 1.60 bits per heavy atom. The van der Waals surface area contributed by atoms with E-state index in [4.69, 9.17) is 9.47 Å². The number of hydrogen-bond acceptors (Lipinski definition) is 6. The lowest BCUT2D eigenvalue weighted by Crippen LogP contribution is -2.29. The second-order valence-corrected chi connectivity index (χ2v) is 13.0. The molecular weight excluding hydrogens is 630 g/mol. The van der Waals surface area contributed by atoms with Crippen LogP contribution in [0.4, 0.5) is 5.69 Å². The van der Waals surface area contributed by atoms with E-state index in [0.29, 0.717) is 39.4 Å². The lowest BCUT2D eigenvalue weighted by molar-refractivity contribution is 0.0955. The third-order valence-corrected chi connectivity index (χ3v) is 8.59. The average Bonchev–Trinajstić information content (AvgIpc) is 2.97. The number of carbonyl (C=O) groups excluding carboxylic acids is 1. The standard InChI is InChI=1S/C33H34BrN3O5S/c1-22-6-9-26(10-7-22)21-42-32-30(34)17-27(18-31(32)41-4)19-35-36-33(38)28-13-11-25(12-14-28)20-37(43(5,39)40)29-15-8-23(2)24(3)16-29/h6-19H,20-21H2,1-5H3,(H,36,38)/b35-19-. The van der Waals surface area contributed by atoms with Gasteiger partial charge in [-0.15, -0.1) is 0 Å². The number of anilines is 1. The van der Waals surface area contributed by atoms with Gasteiger partial charge in [0.05, 0.1) is 36.3 Å². The van der Waals surface area contributed by atoms with Crippen LogP contribution in [0, 0.1) is 20.8 Å². The number of nitrogens with one attached hydrogen (secondary N) is 1. The van der Waals surface area contributed by atoms with Crippen LogP contribution in [0.3, 0.4) is 0 Å². The molecule has 1 amide bonds. The summed E-state index contributed by atoms with van der Waals surface area (Å²) < 4.78 is 38.7. The summed E-state index contributed by atoms with van der Waals surface area (Å²) in [6, 6.07) is 24.0. The number of halogens is 1. The predicted octanol–water partition coefficient (Wildman–Crippen LogP) is 6.69. The highest BCUT2D eigenvalue weighted by molar-refractivity contribution is 9.10. The first kappa shape index (κ1) is 31.8. The number of nitrogens with zero attached hydrogens (tertiary/aromatic N) is 2. The zero-order valence-electron chi connectivity index (χ0n) is 24.7. The molecule has 43 heavy (non-hydrogen) atoms. The minimum atomic E-state index is -3.52. The Morgan fingerprint density at radius 1 is 0.930 bits per heavy atom. The van der Waals surface area contributed by atoms with Gasteiger partial charge in [0.2, 0.25) is 10.0 Å². The molecule has 0 spiro atoms. The van der Waals surface area contributed by atoms with E-state index in [1.54, 1.807) is 43.5 Å². The van der Waals surface area contributed by atoms with Gasteiger partial charge in [0.15, 0.2) is 11.5 Å². The third-order valence-electron chi connectivity index (χ3n) is 6.86. The largest absolute Gasteiger partial charge is 0.493 e.